The van der Waals surface area contributed by atoms with Crippen LogP contribution in [0.25, 0.3) is 16.1 Å². The minimum Gasteiger partial charge on any atom is -0.340 e. The van der Waals surface area contributed by atoms with Crippen LogP contribution < -0.4 is 0 Å². The van der Waals surface area contributed by atoms with E-state index in [1.54, 1.807) is 28.1 Å². The van der Waals surface area contributed by atoms with Crippen LogP contribution in [0.15, 0.2) is 54.0 Å². The van der Waals surface area contributed by atoms with Crippen LogP contribution in [0.1, 0.15) is 16.2 Å². The molecule has 1 aliphatic rings. The molecule has 4 aromatic rings. The first-order valence-corrected chi connectivity index (χ1v) is 9.61. The van der Waals surface area contributed by atoms with Crippen molar-refractivity contribution >= 4 is 34.4 Å². The van der Waals surface area contributed by atoms with E-state index in [0.717, 1.165) is 17.8 Å². The fourth-order valence-corrected chi connectivity index (χ4v) is 4.36. The largest absolute Gasteiger partial charge is 0.340 e. The molecule has 0 aliphatic carbocycles. The molecule has 0 fully saturated rings. The highest BCUT2D eigenvalue weighted by Crippen LogP contribution is 2.29. The summed E-state index contributed by atoms with van der Waals surface area (Å²) in [5.74, 6) is -0.0463. The number of thiophene rings is 1. The second kappa shape index (κ2) is 6.00. The van der Waals surface area contributed by atoms with Crippen molar-refractivity contribution in [2.45, 2.75) is 13.1 Å². The molecule has 0 saturated carbocycles. The minimum atomic E-state index is -0.0463. The zero-order valence-corrected chi connectivity index (χ0v) is 15.4. The molecule has 0 radical (unpaired) electrons. The summed E-state index contributed by atoms with van der Waals surface area (Å²) < 4.78 is 3.95. The number of rotatable bonds is 2. The number of hydrogen-bond donors (Lipinski definition) is 0. The molecular weight excluding hydrogens is 368 g/mol. The highest BCUT2D eigenvalue weighted by Gasteiger charge is 2.25. The van der Waals surface area contributed by atoms with Crippen LogP contribution in [0, 0.1) is 0 Å². The SMILES string of the molecule is O=C(c1cc2ccc(Cl)cn2n1)N1CCn2c(ccc2-c2cccs2)C1. The lowest BCUT2D eigenvalue weighted by Crippen LogP contribution is -2.38. The summed E-state index contributed by atoms with van der Waals surface area (Å²) >= 11 is 7.73. The first-order valence-electron chi connectivity index (χ1n) is 8.35. The molecule has 0 N–H and O–H groups in total. The maximum Gasteiger partial charge on any atom is 0.274 e. The molecule has 0 bridgehead atoms. The number of pyridine rings is 1. The van der Waals surface area contributed by atoms with E-state index in [4.69, 9.17) is 11.6 Å². The number of amides is 1. The van der Waals surface area contributed by atoms with Gasteiger partial charge in [0.05, 0.1) is 27.7 Å². The first kappa shape index (κ1) is 15.7. The number of hydrogen-bond acceptors (Lipinski definition) is 3. The molecular formula is C19H15ClN4OS. The molecule has 1 aliphatic heterocycles. The van der Waals surface area contributed by atoms with Crippen molar-refractivity contribution in [1.82, 2.24) is 19.1 Å². The van der Waals surface area contributed by atoms with E-state index in [1.807, 2.05) is 17.0 Å². The number of nitrogens with zero attached hydrogens (tertiary/aromatic N) is 4. The molecule has 7 heteroatoms. The van der Waals surface area contributed by atoms with Crippen molar-refractivity contribution < 1.29 is 4.79 Å². The summed E-state index contributed by atoms with van der Waals surface area (Å²) in [4.78, 5) is 16.0. The van der Waals surface area contributed by atoms with Gasteiger partial charge in [-0.3, -0.25) is 4.79 Å². The zero-order chi connectivity index (χ0) is 17.7. The van der Waals surface area contributed by atoms with E-state index >= 15 is 0 Å². The van der Waals surface area contributed by atoms with Crippen molar-refractivity contribution in [3.8, 4) is 10.6 Å². The van der Waals surface area contributed by atoms with Gasteiger partial charge in [0.25, 0.3) is 5.91 Å². The Bertz CT molecular complexity index is 1110. The highest BCUT2D eigenvalue weighted by molar-refractivity contribution is 7.13. The Balaban J connectivity index is 1.42. The Labute approximate surface area is 159 Å². The summed E-state index contributed by atoms with van der Waals surface area (Å²) in [6.45, 7) is 2.06. The third-order valence-electron chi connectivity index (χ3n) is 4.72. The number of carbonyl (C=O) groups is 1. The standard InChI is InChI=1S/C19H15ClN4OS/c20-13-3-4-14-10-16(21-24(14)11-13)19(25)22-7-8-23-15(12-22)5-6-17(23)18-2-1-9-26-18/h1-6,9-11H,7-8,12H2. The van der Waals surface area contributed by atoms with Crippen LogP contribution in [0.4, 0.5) is 0 Å². The Kier molecular flexibility index (Phi) is 3.62. The smallest absolute Gasteiger partial charge is 0.274 e. The maximum absolute atomic E-state index is 12.9. The molecule has 0 saturated heterocycles. The van der Waals surface area contributed by atoms with E-state index in [0.29, 0.717) is 23.8 Å². The topological polar surface area (TPSA) is 42.5 Å². The van der Waals surface area contributed by atoms with Gasteiger partial charge in [0, 0.05) is 25.0 Å². The zero-order valence-electron chi connectivity index (χ0n) is 13.8. The van der Waals surface area contributed by atoms with E-state index in [2.05, 4.69) is 39.3 Å². The highest BCUT2D eigenvalue weighted by atomic mass is 35.5. The molecule has 0 unspecified atom stereocenters. The molecule has 5 nitrogen and oxygen atoms in total. The summed E-state index contributed by atoms with van der Waals surface area (Å²) in [5.41, 5.74) is 3.69. The van der Waals surface area contributed by atoms with Gasteiger partial charge in [-0.15, -0.1) is 11.3 Å². The summed E-state index contributed by atoms with van der Waals surface area (Å²) in [6.07, 6.45) is 1.71. The molecule has 4 aromatic heterocycles. The second-order valence-corrected chi connectivity index (χ2v) is 7.70. The average molecular weight is 383 g/mol. The number of aromatic nitrogens is 3. The molecule has 0 spiro atoms. The quantitative estimate of drug-likeness (QED) is 0.522. The Morgan fingerprint density at radius 3 is 2.92 bits per heavy atom. The van der Waals surface area contributed by atoms with E-state index in [1.165, 1.54) is 10.6 Å². The predicted octanol–water partition coefficient (Wildman–Crippen LogP) is 4.17. The van der Waals surface area contributed by atoms with Gasteiger partial charge >= 0.3 is 0 Å². The molecule has 0 atom stereocenters. The van der Waals surface area contributed by atoms with Gasteiger partial charge in [-0.05, 0) is 41.8 Å². The van der Waals surface area contributed by atoms with Crippen LogP contribution in [0.5, 0.6) is 0 Å². The van der Waals surface area contributed by atoms with Crippen molar-refractivity contribution in [2.75, 3.05) is 6.54 Å². The van der Waals surface area contributed by atoms with Gasteiger partial charge in [-0.1, -0.05) is 17.7 Å². The van der Waals surface area contributed by atoms with E-state index in [9.17, 15) is 4.79 Å². The van der Waals surface area contributed by atoms with Gasteiger partial charge < -0.3 is 9.47 Å². The van der Waals surface area contributed by atoms with Crippen molar-refractivity contribution in [1.29, 1.82) is 0 Å². The maximum atomic E-state index is 12.9. The van der Waals surface area contributed by atoms with Gasteiger partial charge in [0.2, 0.25) is 0 Å². The summed E-state index contributed by atoms with van der Waals surface area (Å²) in [7, 11) is 0. The van der Waals surface area contributed by atoms with Crippen LogP contribution in [-0.4, -0.2) is 31.5 Å². The first-order chi connectivity index (χ1) is 12.7. The lowest BCUT2D eigenvalue weighted by Gasteiger charge is -2.29. The van der Waals surface area contributed by atoms with Crippen LogP contribution >= 0.6 is 22.9 Å². The third kappa shape index (κ3) is 2.53. The van der Waals surface area contributed by atoms with Crippen molar-refractivity contribution in [3.05, 3.63) is 70.5 Å². The Morgan fingerprint density at radius 2 is 2.08 bits per heavy atom. The fraction of sp³-hybridized carbons (Fsp3) is 0.158. The third-order valence-corrected chi connectivity index (χ3v) is 5.84. The molecule has 1 amide bonds. The van der Waals surface area contributed by atoms with Gasteiger partial charge in [0.15, 0.2) is 5.69 Å². The molecule has 26 heavy (non-hydrogen) atoms. The van der Waals surface area contributed by atoms with Gasteiger partial charge in [0.1, 0.15) is 0 Å². The van der Waals surface area contributed by atoms with E-state index in [-0.39, 0.29) is 5.91 Å². The molecule has 0 aromatic carbocycles. The molecule has 5 heterocycles. The Hall–Kier alpha value is -2.57. The number of carbonyl (C=O) groups excluding carboxylic acids is 1. The lowest BCUT2D eigenvalue weighted by atomic mass is 10.2. The molecule has 5 rings (SSSR count). The normalized spacial score (nSPS) is 14.0. The van der Waals surface area contributed by atoms with Gasteiger partial charge in [-0.25, -0.2) is 4.52 Å². The predicted molar refractivity (Wildman–Crippen MR) is 103 cm³/mol. The van der Waals surface area contributed by atoms with Crippen molar-refractivity contribution in [2.24, 2.45) is 0 Å². The van der Waals surface area contributed by atoms with Crippen LogP contribution in [0.2, 0.25) is 5.02 Å². The van der Waals surface area contributed by atoms with E-state index < -0.39 is 0 Å². The molecule has 130 valence electrons. The van der Waals surface area contributed by atoms with Crippen molar-refractivity contribution in [3.63, 3.8) is 0 Å². The van der Waals surface area contributed by atoms with Gasteiger partial charge in [-0.2, -0.15) is 5.10 Å². The monoisotopic (exact) mass is 382 g/mol. The lowest BCUT2D eigenvalue weighted by molar-refractivity contribution is 0.0705. The second-order valence-electron chi connectivity index (χ2n) is 6.31. The number of fused-ring (bicyclic) bond motifs is 2. The summed E-state index contributed by atoms with van der Waals surface area (Å²) in [6, 6.07) is 13.9. The fourth-order valence-electron chi connectivity index (χ4n) is 3.45. The number of halogens is 1. The Morgan fingerprint density at radius 1 is 1.15 bits per heavy atom. The summed E-state index contributed by atoms with van der Waals surface area (Å²) in [5, 5.41) is 7.07. The minimum absolute atomic E-state index is 0.0463. The average Bonchev–Trinajstić information content (AvgIpc) is 3.38. The van der Waals surface area contributed by atoms with Crippen LogP contribution in [0.3, 0.4) is 0 Å². The van der Waals surface area contributed by atoms with Crippen LogP contribution in [-0.2, 0) is 13.1 Å².